The Labute approximate surface area is 175 Å². The first-order valence-electron chi connectivity index (χ1n) is 9.69. The second-order valence-corrected chi connectivity index (χ2v) is 8.21. The molecule has 0 bridgehead atoms. The van der Waals surface area contributed by atoms with E-state index in [9.17, 15) is 9.59 Å². The maximum Gasteiger partial charge on any atom is 0.339 e. The van der Waals surface area contributed by atoms with E-state index in [4.69, 9.17) is 9.15 Å². The van der Waals surface area contributed by atoms with Gasteiger partial charge in [0, 0.05) is 24.1 Å². The van der Waals surface area contributed by atoms with Gasteiger partial charge in [0.05, 0.1) is 10.2 Å². The van der Waals surface area contributed by atoms with Crippen molar-refractivity contribution in [3.63, 3.8) is 0 Å². The molecule has 0 fully saturated rings. The van der Waals surface area contributed by atoms with E-state index >= 15 is 0 Å². The molecular weight excluding hydrogens is 402 g/mol. The van der Waals surface area contributed by atoms with Gasteiger partial charge in [0.1, 0.15) is 11.3 Å². The minimum atomic E-state index is -0.372. The van der Waals surface area contributed by atoms with E-state index in [1.54, 1.807) is 12.1 Å². The van der Waals surface area contributed by atoms with Crippen LogP contribution in [0.15, 0.2) is 56.8 Å². The molecule has 8 heteroatoms. The largest absolute Gasteiger partial charge is 0.484 e. The zero-order valence-electron chi connectivity index (χ0n) is 16.3. The minimum Gasteiger partial charge on any atom is -0.484 e. The third kappa shape index (κ3) is 3.29. The van der Waals surface area contributed by atoms with Crippen LogP contribution in [0.25, 0.3) is 21.2 Å². The molecule has 2 aromatic carbocycles. The molecule has 0 atom stereocenters. The summed E-state index contributed by atoms with van der Waals surface area (Å²) in [6.07, 6.45) is 2.63. The van der Waals surface area contributed by atoms with Crippen LogP contribution < -0.4 is 20.6 Å². The molecule has 0 radical (unpaired) electrons. The number of thiazole rings is 1. The van der Waals surface area contributed by atoms with Crippen LogP contribution in [0.3, 0.4) is 0 Å². The highest BCUT2D eigenvalue weighted by Crippen LogP contribution is 2.29. The molecule has 1 amide bonds. The summed E-state index contributed by atoms with van der Waals surface area (Å²) >= 11 is 1.49. The van der Waals surface area contributed by atoms with Crippen molar-refractivity contribution in [1.82, 2.24) is 9.99 Å². The fourth-order valence-electron chi connectivity index (χ4n) is 3.83. The first-order chi connectivity index (χ1) is 14.6. The van der Waals surface area contributed by atoms with Crippen LogP contribution in [-0.2, 0) is 24.7 Å². The van der Waals surface area contributed by atoms with Crippen molar-refractivity contribution in [2.45, 2.75) is 19.3 Å². The Hall–Kier alpha value is -3.39. The van der Waals surface area contributed by atoms with Gasteiger partial charge in [-0.25, -0.2) is 10.2 Å². The van der Waals surface area contributed by atoms with Gasteiger partial charge in [-0.2, -0.15) is 0 Å². The smallest absolute Gasteiger partial charge is 0.339 e. The van der Waals surface area contributed by atoms with Crippen LogP contribution in [-0.4, -0.2) is 17.1 Å². The normalized spacial score (nSPS) is 13.7. The predicted molar refractivity (Wildman–Crippen MR) is 115 cm³/mol. The van der Waals surface area contributed by atoms with Crippen molar-refractivity contribution in [2.75, 3.05) is 6.61 Å². The Morgan fingerprint density at radius 1 is 1.23 bits per heavy atom. The number of fused-ring (bicyclic) bond motifs is 4. The van der Waals surface area contributed by atoms with E-state index in [1.807, 2.05) is 41.9 Å². The topological polar surface area (TPSA) is 85.8 Å². The Morgan fingerprint density at radius 3 is 2.93 bits per heavy atom. The lowest BCUT2D eigenvalue weighted by molar-refractivity contribution is -0.123. The van der Waals surface area contributed by atoms with Gasteiger partial charge in [-0.1, -0.05) is 23.5 Å². The monoisotopic (exact) mass is 421 g/mol. The fraction of sp³-hybridized carbons (Fsp3) is 0.227. The van der Waals surface area contributed by atoms with Crippen molar-refractivity contribution >= 4 is 38.4 Å². The minimum absolute atomic E-state index is 0.196. The molecule has 0 saturated carbocycles. The average Bonchev–Trinajstić information content (AvgIpc) is 3.37. The van der Waals surface area contributed by atoms with Gasteiger partial charge in [-0.05, 0) is 49.1 Å². The molecule has 4 aromatic rings. The second-order valence-electron chi connectivity index (χ2n) is 7.20. The number of aryl methyl sites for hydroxylation is 2. The number of ether oxygens (including phenoxy) is 1. The molecule has 0 spiro atoms. The highest BCUT2D eigenvalue weighted by molar-refractivity contribution is 7.16. The van der Waals surface area contributed by atoms with E-state index < -0.39 is 0 Å². The number of hydrogen-bond acceptors (Lipinski definition) is 6. The summed E-state index contributed by atoms with van der Waals surface area (Å²) in [4.78, 5) is 25.0. The summed E-state index contributed by atoms with van der Waals surface area (Å²) in [7, 11) is 1.90. The highest BCUT2D eigenvalue weighted by Gasteiger charge is 2.19. The predicted octanol–water partition coefficient (Wildman–Crippen LogP) is 2.85. The summed E-state index contributed by atoms with van der Waals surface area (Å²) < 4.78 is 14.0. The van der Waals surface area contributed by atoms with Gasteiger partial charge in [0.15, 0.2) is 6.61 Å². The molecule has 30 heavy (non-hydrogen) atoms. The molecule has 1 N–H and O–H groups in total. The quantitative estimate of drug-likeness (QED) is 0.406. The van der Waals surface area contributed by atoms with E-state index in [-0.39, 0.29) is 18.1 Å². The molecular formula is C22H19N3O4S. The van der Waals surface area contributed by atoms with Crippen molar-refractivity contribution in [1.29, 1.82) is 0 Å². The molecule has 2 aromatic heterocycles. The standard InChI is InChI=1S/C22H19N3O4S/c1-25-17-7-2-3-8-19(17)30-22(25)24-23-20(26)12-28-13-9-10-15-14-5-4-6-16(14)21(27)29-18(15)11-13/h2-3,7-11H,4-6,12H2,1H3,(H,23,26). The Morgan fingerprint density at radius 2 is 2.07 bits per heavy atom. The lowest BCUT2D eigenvalue weighted by atomic mass is 10.1. The number of aromatic nitrogens is 1. The number of nitrogens with zero attached hydrogens (tertiary/aromatic N) is 2. The number of hydrogen-bond donors (Lipinski definition) is 1. The Balaban J connectivity index is 1.30. The van der Waals surface area contributed by atoms with Crippen molar-refractivity contribution in [3.8, 4) is 5.75 Å². The van der Waals surface area contributed by atoms with Gasteiger partial charge in [0.2, 0.25) is 4.80 Å². The Bertz CT molecular complexity index is 1410. The zero-order valence-corrected chi connectivity index (χ0v) is 17.1. The van der Waals surface area contributed by atoms with Gasteiger partial charge < -0.3 is 13.7 Å². The number of para-hydroxylation sites is 1. The lowest BCUT2D eigenvalue weighted by Crippen LogP contribution is -2.27. The van der Waals surface area contributed by atoms with Crippen molar-refractivity contribution < 1.29 is 13.9 Å². The molecule has 2 heterocycles. The van der Waals surface area contributed by atoms with Crippen LogP contribution in [0.5, 0.6) is 5.75 Å². The summed E-state index contributed by atoms with van der Waals surface area (Å²) in [6.45, 7) is -0.196. The van der Waals surface area contributed by atoms with Crippen LogP contribution >= 0.6 is 11.3 Å². The first-order valence-corrected chi connectivity index (χ1v) is 10.5. The number of amides is 1. The Kier molecular flexibility index (Phi) is 4.63. The van der Waals surface area contributed by atoms with Crippen molar-refractivity contribution in [2.24, 2.45) is 12.1 Å². The SMILES string of the molecule is Cn1c(=NNC(=O)COc2ccc3c4c(c(=O)oc3c2)CCC4)sc2ccccc21. The maximum absolute atomic E-state index is 12.2. The molecule has 0 unspecified atom stereocenters. The van der Waals surface area contributed by atoms with E-state index in [2.05, 4.69) is 10.5 Å². The zero-order chi connectivity index (χ0) is 20.7. The maximum atomic E-state index is 12.2. The van der Waals surface area contributed by atoms with E-state index in [1.165, 1.54) is 11.3 Å². The van der Waals surface area contributed by atoms with Gasteiger partial charge in [-0.3, -0.25) is 4.79 Å². The molecule has 7 nitrogen and oxygen atoms in total. The highest BCUT2D eigenvalue weighted by atomic mass is 32.1. The number of carbonyl (C=O) groups excluding carboxylic acids is 1. The second kappa shape index (κ2) is 7.46. The third-order valence-electron chi connectivity index (χ3n) is 5.31. The molecule has 5 rings (SSSR count). The van der Waals surface area contributed by atoms with Gasteiger partial charge in [0.25, 0.3) is 5.91 Å². The first kappa shape index (κ1) is 18.6. The summed E-state index contributed by atoms with van der Waals surface area (Å²) in [5.41, 5.74) is 5.64. The van der Waals surface area contributed by atoms with Crippen LogP contribution in [0.4, 0.5) is 0 Å². The summed E-state index contributed by atoms with van der Waals surface area (Å²) in [5, 5.41) is 5.13. The van der Waals surface area contributed by atoms with Gasteiger partial charge >= 0.3 is 5.63 Å². The lowest BCUT2D eigenvalue weighted by Gasteiger charge is -2.08. The van der Waals surface area contributed by atoms with E-state index in [0.717, 1.165) is 46.0 Å². The number of carbonyl (C=O) groups is 1. The molecule has 1 aliphatic carbocycles. The molecule has 0 aliphatic heterocycles. The van der Waals surface area contributed by atoms with Gasteiger partial charge in [-0.15, -0.1) is 5.10 Å². The molecule has 1 aliphatic rings. The summed E-state index contributed by atoms with van der Waals surface area (Å²) in [5.74, 6) is 0.0918. The number of rotatable bonds is 4. The molecule has 152 valence electrons. The van der Waals surface area contributed by atoms with Crippen LogP contribution in [0, 0.1) is 0 Å². The van der Waals surface area contributed by atoms with E-state index in [0.29, 0.717) is 16.1 Å². The average molecular weight is 421 g/mol. The van der Waals surface area contributed by atoms with Crippen LogP contribution in [0.1, 0.15) is 17.5 Å². The fourth-order valence-corrected chi connectivity index (χ4v) is 4.81. The number of nitrogens with one attached hydrogen (secondary N) is 1. The third-order valence-corrected chi connectivity index (χ3v) is 6.42. The summed E-state index contributed by atoms with van der Waals surface area (Å²) in [6, 6.07) is 13.3. The van der Waals surface area contributed by atoms with Crippen molar-refractivity contribution in [3.05, 3.63) is 68.8 Å². The van der Waals surface area contributed by atoms with Crippen LogP contribution in [0.2, 0.25) is 0 Å². The number of benzene rings is 2. The molecule has 0 saturated heterocycles.